The molecule has 4 aliphatic rings. The van der Waals surface area contributed by atoms with E-state index in [9.17, 15) is 0 Å². The summed E-state index contributed by atoms with van der Waals surface area (Å²) >= 11 is 0. The molecule has 0 amide bonds. The number of hydrogen-bond donors (Lipinski definition) is 0. The highest BCUT2D eigenvalue weighted by Gasteiger charge is 2.36. The van der Waals surface area contributed by atoms with E-state index in [0.29, 0.717) is 26.4 Å². The van der Waals surface area contributed by atoms with Crippen molar-refractivity contribution in [2.75, 3.05) is 52.9 Å². The van der Waals surface area contributed by atoms with E-state index in [2.05, 4.69) is 62.4 Å². The average molecular weight is 585 g/mol. The molecule has 0 bridgehead atoms. The lowest BCUT2D eigenvalue weighted by atomic mass is 9.73. The molecule has 43 heavy (non-hydrogen) atoms. The first-order valence-electron chi connectivity index (χ1n) is 15.1. The number of benzene rings is 4. The van der Waals surface area contributed by atoms with Gasteiger partial charge in [0.2, 0.25) is 0 Å². The summed E-state index contributed by atoms with van der Waals surface area (Å²) in [6.45, 7) is 9.54. The zero-order valence-electron chi connectivity index (χ0n) is 24.5. The van der Waals surface area contributed by atoms with Gasteiger partial charge in [-0.25, -0.2) is 0 Å². The fourth-order valence-corrected chi connectivity index (χ4v) is 5.79. The molecule has 4 fully saturated rings. The van der Waals surface area contributed by atoms with Crippen LogP contribution >= 0.6 is 0 Å². The Hall–Kier alpha value is -3.56. The molecule has 4 unspecified atom stereocenters. The smallest absolute Gasteiger partial charge is 0.124 e. The van der Waals surface area contributed by atoms with Gasteiger partial charge < -0.3 is 37.9 Å². The summed E-state index contributed by atoms with van der Waals surface area (Å²) < 4.78 is 47.0. The molecule has 8 heteroatoms. The van der Waals surface area contributed by atoms with E-state index in [4.69, 9.17) is 37.9 Å². The minimum absolute atomic E-state index is 0.130. The van der Waals surface area contributed by atoms with E-state index in [1.807, 2.05) is 12.1 Å². The van der Waals surface area contributed by atoms with Crippen LogP contribution in [-0.4, -0.2) is 77.3 Å². The first-order chi connectivity index (χ1) is 21.0. The molecule has 0 saturated carbocycles. The topological polar surface area (TPSA) is 87.0 Å². The van der Waals surface area contributed by atoms with Crippen LogP contribution in [0.25, 0.3) is 21.5 Å². The van der Waals surface area contributed by atoms with E-state index in [0.717, 1.165) is 82.1 Å². The van der Waals surface area contributed by atoms with Gasteiger partial charge in [-0.05, 0) is 57.9 Å². The van der Waals surface area contributed by atoms with Gasteiger partial charge in [0.25, 0.3) is 0 Å². The molecule has 4 atom stereocenters. The van der Waals surface area contributed by atoms with Crippen LogP contribution in [0.3, 0.4) is 0 Å². The lowest BCUT2D eigenvalue weighted by molar-refractivity contribution is 0.255. The average Bonchev–Trinajstić information content (AvgIpc) is 3.82. The first-order valence-corrected chi connectivity index (χ1v) is 15.1. The highest BCUT2D eigenvalue weighted by atomic mass is 16.6. The van der Waals surface area contributed by atoms with Crippen LogP contribution in [0.2, 0.25) is 0 Å². The second-order valence-electron chi connectivity index (χ2n) is 12.3. The van der Waals surface area contributed by atoms with Crippen molar-refractivity contribution >= 4 is 21.5 Å². The summed E-state index contributed by atoms with van der Waals surface area (Å²) in [4.78, 5) is 0. The normalized spacial score (nSPS) is 23.7. The van der Waals surface area contributed by atoms with Crippen LogP contribution < -0.4 is 18.9 Å². The summed E-state index contributed by atoms with van der Waals surface area (Å²) in [6.07, 6.45) is 0.608. The van der Waals surface area contributed by atoms with Crippen molar-refractivity contribution in [2.45, 2.75) is 43.7 Å². The van der Waals surface area contributed by atoms with Crippen LogP contribution in [0.5, 0.6) is 23.0 Å². The number of fused-ring (bicyclic) bond motifs is 2. The second-order valence-corrected chi connectivity index (χ2v) is 12.3. The standard InChI is InChI=1S/C35H36O8/c1-35(2,33-29-11-23(36-13-25-15-38-25)7-3-21(29)5-9-31(33)42-19-27-17-40-27)34-30-12-24(37-14-26-16-39-26)8-4-22(30)6-10-32(34)43-20-28-18-41-28/h3-12,25-28H,13-20H2,1-2H3. The maximum Gasteiger partial charge on any atom is 0.124 e. The van der Waals surface area contributed by atoms with Crippen LogP contribution in [-0.2, 0) is 24.4 Å². The van der Waals surface area contributed by atoms with Crippen molar-refractivity contribution in [1.82, 2.24) is 0 Å². The summed E-state index contributed by atoms with van der Waals surface area (Å²) in [5.41, 5.74) is 1.57. The molecule has 0 N–H and O–H groups in total. The summed E-state index contributed by atoms with van der Waals surface area (Å²) in [6, 6.07) is 20.9. The zero-order valence-corrected chi connectivity index (χ0v) is 24.5. The Kier molecular flexibility index (Phi) is 6.82. The Morgan fingerprint density at radius 1 is 0.535 bits per heavy atom. The van der Waals surface area contributed by atoms with Crippen LogP contribution in [0.15, 0.2) is 60.7 Å². The predicted octanol–water partition coefficient (Wildman–Crippen LogP) is 5.43. The molecule has 4 aliphatic heterocycles. The maximum atomic E-state index is 6.50. The van der Waals surface area contributed by atoms with Crippen molar-refractivity contribution in [3.8, 4) is 23.0 Å². The molecule has 0 aliphatic carbocycles. The maximum absolute atomic E-state index is 6.50. The molecule has 8 nitrogen and oxygen atoms in total. The Balaban J connectivity index is 1.28. The lowest BCUT2D eigenvalue weighted by Gasteiger charge is -2.33. The third kappa shape index (κ3) is 5.97. The van der Waals surface area contributed by atoms with Crippen LogP contribution in [0, 0.1) is 0 Å². The number of hydrogen-bond acceptors (Lipinski definition) is 8. The van der Waals surface area contributed by atoms with Crippen molar-refractivity contribution in [3.05, 3.63) is 71.8 Å². The molecule has 224 valence electrons. The van der Waals surface area contributed by atoms with Gasteiger partial charge in [-0.2, -0.15) is 0 Å². The molecule has 0 radical (unpaired) electrons. The monoisotopic (exact) mass is 584 g/mol. The number of epoxide rings is 4. The Bertz CT molecular complexity index is 1520. The van der Waals surface area contributed by atoms with Crippen molar-refractivity contribution in [1.29, 1.82) is 0 Å². The van der Waals surface area contributed by atoms with E-state index >= 15 is 0 Å². The van der Waals surface area contributed by atoms with Gasteiger partial charge in [-0.1, -0.05) is 38.1 Å². The molecule has 4 heterocycles. The third-order valence-corrected chi connectivity index (χ3v) is 8.49. The molecule has 4 aromatic rings. The van der Waals surface area contributed by atoms with Gasteiger partial charge in [0.05, 0.1) is 26.4 Å². The Morgan fingerprint density at radius 2 is 0.884 bits per heavy atom. The van der Waals surface area contributed by atoms with E-state index in [-0.39, 0.29) is 24.4 Å². The largest absolute Gasteiger partial charge is 0.491 e. The van der Waals surface area contributed by atoms with Crippen molar-refractivity contribution < 1.29 is 37.9 Å². The van der Waals surface area contributed by atoms with E-state index in [1.54, 1.807) is 0 Å². The molecule has 8 rings (SSSR count). The highest BCUT2D eigenvalue weighted by molar-refractivity contribution is 5.95. The number of rotatable bonds is 14. The molecule has 0 spiro atoms. The fraction of sp³-hybridized carbons (Fsp3) is 0.429. The van der Waals surface area contributed by atoms with Gasteiger partial charge in [0.1, 0.15) is 73.8 Å². The van der Waals surface area contributed by atoms with Gasteiger partial charge in [0.15, 0.2) is 0 Å². The quantitative estimate of drug-likeness (QED) is 0.182. The summed E-state index contributed by atoms with van der Waals surface area (Å²) in [5, 5.41) is 4.35. The molecule has 0 aromatic heterocycles. The molecule has 4 aromatic carbocycles. The number of ether oxygens (including phenoxy) is 8. The van der Waals surface area contributed by atoms with Gasteiger partial charge >= 0.3 is 0 Å². The first kappa shape index (κ1) is 27.0. The SMILES string of the molecule is CC(C)(c1c(OCC2CO2)ccc2ccc(OCC3CO3)cc12)c1c(OCC2CO2)ccc2ccc(OCC3CO3)cc12. The Labute approximate surface area is 250 Å². The van der Waals surface area contributed by atoms with Crippen molar-refractivity contribution in [2.24, 2.45) is 0 Å². The zero-order chi connectivity index (χ0) is 29.0. The fourth-order valence-electron chi connectivity index (χ4n) is 5.79. The van der Waals surface area contributed by atoms with E-state index < -0.39 is 5.41 Å². The van der Waals surface area contributed by atoms with Crippen LogP contribution in [0.1, 0.15) is 25.0 Å². The summed E-state index contributed by atoms with van der Waals surface area (Å²) in [5.74, 6) is 3.26. The Morgan fingerprint density at radius 3 is 1.26 bits per heavy atom. The highest BCUT2D eigenvalue weighted by Crippen LogP contribution is 2.49. The van der Waals surface area contributed by atoms with Gasteiger partial charge in [-0.3, -0.25) is 0 Å². The molecular weight excluding hydrogens is 548 g/mol. The van der Waals surface area contributed by atoms with E-state index in [1.165, 1.54) is 0 Å². The lowest BCUT2D eigenvalue weighted by Crippen LogP contribution is -2.23. The molecular formula is C35H36O8. The minimum Gasteiger partial charge on any atom is -0.491 e. The van der Waals surface area contributed by atoms with Crippen molar-refractivity contribution in [3.63, 3.8) is 0 Å². The second kappa shape index (κ2) is 10.9. The summed E-state index contributed by atoms with van der Waals surface area (Å²) in [7, 11) is 0. The van der Waals surface area contributed by atoms with Crippen LogP contribution in [0.4, 0.5) is 0 Å². The van der Waals surface area contributed by atoms with Gasteiger partial charge in [0, 0.05) is 16.5 Å². The molecule has 4 saturated heterocycles. The third-order valence-electron chi connectivity index (χ3n) is 8.49. The minimum atomic E-state index is -0.561. The predicted molar refractivity (Wildman–Crippen MR) is 161 cm³/mol. The van der Waals surface area contributed by atoms with Gasteiger partial charge in [-0.15, -0.1) is 0 Å².